The van der Waals surface area contributed by atoms with Crippen molar-refractivity contribution < 1.29 is 0 Å². The molecule has 0 radical (unpaired) electrons. The van der Waals surface area contributed by atoms with Crippen LogP contribution in [0, 0.1) is 0 Å². The van der Waals surface area contributed by atoms with E-state index in [4.69, 9.17) is 0 Å². The lowest BCUT2D eigenvalue weighted by atomic mass is 10.0. The van der Waals surface area contributed by atoms with E-state index in [9.17, 15) is 4.79 Å². The van der Waals surface area contributed by atoms with Crippen molar-refractivity contribution in [1.82, 2.24) is 20.5 Å². The molecule has 0 bridgehead atoms. The number of aromatic amines is 1. The summed E-state index contributed by atoms with van der Waals surface area (Å²) in [6.07, 6.45) is 5.48. The number of piperidine rings is 1. The minimum absolute atomic E-state index is 0.160. The van der Waals surface area contributed by atoms with E-state index in [0.29, 0.717) is 6.04 Å². The number of hydrogen-bond acceptors (Lipinski definition) is 7. The third kappa shape index (κ3) is 4.12. The molecule has 3 rings (SSSR count). The van der Waals surface area contributed by atoms with Crippen LogP contribution < -0.4 is 20.7 Å². The Morgan fingerprint density at radius 3 is 3.00 bits per heavy atom. The second-order valence-electron chi connectivity index (χ2n) is 6.26. The number of H-pyrrole nitrogens is 1. The third-order valence-electron chi connectivity index (χ3n) is 4.19. The Hall–Kier alpha value is -1.93. The van der Waals surface area contributed by atoms with Crippen LogP contribution in [0.25, 0.3) is 0 Å². The van der Waals surface area contributed by atoms with Gasteiger partial charge in [-0.2, -0.15) is 5.10 Å². The van der Waals surface area contributed by atoms with Gasteiger partial charge in [-0.25, -0.2) is 10.1 Å². The minimum Gasteiger partial charge on any atom is -0.354 e. The van der Waals surface area contributed by atoms with Gasteiger partial charge in [0.25, 0.3) is 5.56 Å². The quantitative estimate of drug-likeness (QED) is 0.823. The highest BCUT2D eigenvalue weighted by atomic mass is 32.1. The van der Waals surface area contributed by atoms with Crippen molar-refractivity contribution in [2.24, 2.45) is 0 Å². The Kier molecular flexibility index (Phi) is 5.47. The van der Waals surface area contributed by atoms with Crippen molar-refractivity contribution in [1.29, 1.82) is 0 Å². The molecule has 3 heterocycles. The average molecular weight is 348 g/mol. The molecule has 1 saturated heterocycles. The average Bonchev–Trinajstić information content (AvgIpc) is 3.05. The lowest BCUT2D eigenvalue weighted by Crippen LogP contribution is -2.46. The molecule has 2 aromatic rings. The van der Waals surface area contributed by atoms with Crippen LogP contribution in [0.15, 0.2) is 23.1 Å². The molecule has 0 saturated carbocycles. The molecule has 7 nitrogen and oxygen atoms in total. The monoisotopic (exact) mass is 348 g/mol. The zero-order valence-electron chi connectivity index (χ0n) is 14.2. The predicted molar refractivity (Wildman–Crippen MR) is 98.0 cm³/mol. The molecule has 1 atom stereocenters. The fourth-order valence-corrected chi connectivity index (χ4v) is 3.76. The van der Waals surface area contributed by atoms with Gasteiger partial charge in [0, 0.05) is 56.9 Å². The molecule has 1 aliphatic rings. The molecule has 1 aliphatic heterocycles. The number of aromatic nitrogens is 3. The predicted octanol–water partition coefficient (Wildman–Crippen LogP) is 1.44. The highest BCUT2D eigenvalue weighted by Crippen LogP contribution is 2.23. The first-order valence-corrected chi connectivity index (χ1v) is 9.10. The maximum absolute atomic E-state index is 11.2. The summed E-state index contributed by atoms with van der Waals surface area (Å²) >= 11 is 1.71. The number of thiazole rings is 1. The standard InChI is InChI=1S/C16H24N6OS/c1-21(2)16-18-11-13(24-16)10-17-9-12-5-3-4-8-22(12)14-6-7-15(23)20-19-14/h6-7,11-12,17H,3-5,8-10H2,1-2H3,(H,20,23). The van der Waals surface area contributed by atoms with Crippen LogP contribution in [-0.4, -0.2) is 48.4 Å². The van der Waals surface area contributed by atoms with Crippen molar-refractivity contribution in [2.75, 3.05) is 37.0 Å². The lowest BCUT2D eigenvalue weighted by Gasteiger charge is -2.36. The second-order valence-corrected chi connectivity index (χ2v) is 7.35. The van der Waals surface area contributed by atoms with Gasteiger partial charge >= 0.3 is 0 Å². The zero-order valence-corrected chi connectivity index (χ0v) is 15.0. The van der Waals surface area contributed by atoms with Gasteiger partial charge in [-0.05, 0) is 25.3 Å². The second kappa shape index (κ2) is 7.76. The summed E-state index contributed by atoms with van der Waals surface area (Å²) in [7, 11) is 4.01. The van der Waals surface area contributed by atoms with Gasteiger partial charge in [-0.1, -0.05) is 0 Å². The van der Waals surface area contributed by atoms with E-state index in [-0.39, 0.29) is 5.56 Å². The maximum atomic E-state index is 11.2. The van der Waals surface area contributed by atoms with E-state index in [0.717, 1.165) is 37.0 Å². The summed E-state index contributed by atoms with van der Waals surface area (Å²) in [6.45, 7) is 2.71. The number of nitrogens with one attached hydrogen (secondary N) is 2. The van der Waals surface area contributed by atoms with Crippen LogP contribution in [0.5, 0.6) is 0 Å². The van der Waals surface area contributed by atoms with Crippen LogP contribution in [0.3, 0.4) is 0 Å². The molecule has 24 heavy (non-hydrogen) atoms. The van der Waals surface area contributed by atoms with Crippen LogP contribution in [0.1, 0.15) is 24.1 Å². The molecular weight excluding hydrogens is 324 g/mol. The summed E-state index contributed by atoms with van der Waals surface area (Å²) in [4.78, 5) is 21.2. The molecule has 0 aromatic carbocycles. The Morgan fingerprint density at radius 2 is 2.29 bits per heavy atom. The minimum atomic E-state index is -0.160. The number of anilines is 2. The first kappa shape index (κ1) is 16.9. The largest absolute Gasteiger partial charge is 0.354 e. The van der Waals surface area contributed by atoms with Gasteiger partial charge in [-0.3, -0.25) is 4.79 Å². The number of rotatable bonds is 6. The molecule has 1 unspecified atom stereocenters. The maximum Gasteiger partial charge on any atom is 0.264 e. The zero-order chi connectivity index (χ0) is 16.9. The highest BCUT2D eigenvalue weighted by molar-refractivity contribution is 7.15. The van der Waals surface area contributed by atoms with Crippen molar-refractivity contribution in [2.45, 2.75) is 31.8 Å². The molecule has 0 spiro atoms. The van der Waals surface area contributed by atoms with E-state index in [1.54, 1.807) is 17.4 Å². The number of hydrogen-bond donors (Lipinski definition) is 2. The van der Waals surface area contributed by atoms with E-state index >= 15 is 0 Å². The van der Waals surface area contributed by atoms with Crippen molar-refractivity contribution >= 4 is 22.3 Å². The molecule has 0 amide bonds. The van der Waals surface area contributed by atoms with Crippen LogP contribution in [-0.2, 0) is 6.54 Å². The van der Waals surface area contributed by atoms with Gasteiger partial charge < -0.3 is 15.1 Å². The highest BCUT2D eigenvalue weighted by Gasteiger charge is 2.23. The normalized spacial score (nSPS) is 17.9. The van der Waals surface area contributed by atoms with Gasteiger partial charge in [-0.15, -0.1) is 11.3 Å². The SMILES string of the molecule is CN(C)c1ncc(CNCC2CCCCN2c2ccc(=O)[nH]n2)s1. The van der Waals surface area contributed by atoms with E-state index in [1.165, 1.54) is 17.7 Å². The first-order chi connectivity index (χ1) is 11.6. The summed E-state index contributed by atoms with van der Waals surface area (Å²) < 4.78 is 0. The summed E-state index contributed by atoms with van der Waals surface area (Å²) in [6, 6.07) is 3.75. The fourth-order valence-electron chi connectivity index (χ4n) is 2.96. The van der Waals surface area contributed by atoms with E-state index < -0.39 is 0 Å². The van der Waals surface area contributed by atoms with Crippen LogP contribution in [0.4, 0.5) is 10.9 Å². The molecule has 0 aliphatic carbocycles. The number of nitrogens with zero attached hydrogens (tertiary/aromatic N) is 4. The molecule has 2 aromatic heterocycles. The lowest BCUT2D eigenvalue weighted by molar-refractivity contribution is 0.431. The van der Waals surface area contributed by atoms with Gasteiger partial charge in [0.2, 0.25) is 0 Å². The fraction of sp³-hybridized carbons (Fsp3) is 0.562. The van der Waals surface area contributed by atoms with Gasteiger partial charge in [0.1, 0.15) is 5.82 Å². The smallest absolute Gasteiger partial charge is 0.264 e. The molecular formula is C16H24N6OS. The Morgan fingerprint density at radius 1 is 1.42 bits per heavy atom. The van der Waals surface area contributed by atoms with E-state index in [1.807, 2.05) is 31.3 Å². The first-order valence-electron chi connectivity index (χ1n) is 8.28. The van der Waals surface area contributed by atoms with Gasteiger partial charge in [0.05, 0.1) is 0 Å². The van der Waals surface area contributed by atoms with Gasteiger partial charge in [0.15, 0.2) is 5.13 Å². The van der Waals surface area contributed by atoms with Crippen LogP contribution in [0.2, 0.25) is 0 Å². The van der Waals surface area contributed by atoms with Crippen molar-refractivity contribution in [3.05, 3.63) is 33.6 Å². The molecule has 8 heteroatoms. The van der Waals surface area contributed by atoms with Crippen molar-refractivity contribution in [3.63, 3.8) is 0 Å². The summed E-state index contributed by atoms with van der Waals surface area (Å²) in [5, 5.41) is 11.3. The molecule has 1 fully saturated rings. The van der Waals surface area contributed by atoms with Crippen molar-refractivity contribution in [3.8, 4) is 0 Å². The topological polar surface area (TPSA) is 77.2 Å². The third-order valence-corrected chi connectivity index (χ3v) is 5.35. The summed E-state index contributed by atoms with van der Waals surface area (Å²) in [5.41, 5.74) is -0.160. The Bertz CT molecular complexity index is 692. The Labute approximate surface area is 145 Å². The molecule has 2 N–H and O–H groups in total. The van der Waals surface area contributed by atoms with E-state index in [2.05, 4.69) is 25.4 Å². The Balaban J connectivity index is 1.57. The van der Waals surface area contributed by atoms with Crippen LogP contribution >= 0.6 is 11.3 Å². The molecule has 130 valence electrons. The summed E-state index contributed by atoms with van der Waals surface area (Å²) in [5.74, 6) is 0.855.